The molecule has 0 saturated carbocycles. The van der Waals surface area contributed by atoms with Gasteiger partial charge in [0.25, 0.3) is 0 Å². The van der Waals surface area contributed by atoms with Crippen molar-refractivity contribution in [2.75, 3.05) is 13.1 Å². The Morgan fingerprint density at radius 3 is 2.56 bits per heavy atom. The number of thiophene rings is 1. The van der Waals surface area contributed by atoms with Gasteiger partial charge in [0.05, 0.1) is 9.67 Å². The summed E-state index contributed by atoms with van der Waals surface area (Å²) in [5, 5.41) is 0. The van der Waals surface area contributed by atoms with Crippen LogP contribution in [-0.4, -0.2) is 25.8 Å². The van der Waals surface area contributed by atoms with Crippen molar-refractivity contribution >= 4 is 48.9 Å². The van der Waals surface area contributed by atoms with Gasteiger partial charge in [-0.15, -0.1) is 22.9 Å². The SMILES string of the molecule is CCCCN(CC)S(=O)(=O)c1cc(CCl)sc1Br. The standard InChI is InChI=1S/C11H17BrClNO2S2/c1-3-5-6-14(4-2)18(15,16)10-7-9(8-13)17-11(10)12/h7H,3-6,8H2,1-2H3. The normalized spacial score (nSPS) is 12.3. The van der Waals surface area contributed by atoms with E-state index in [2.05, 4.69) is 15.9 Å². The summed E-state index contributed by atoms with van der Waals surface area (Å²) in [6.07, 6.45) is 1.85. The number of hydrogen-bond acceptors (Lipinski definition) is 3. The number of rotatable bonds is 7. The lowest BCUT2D eigenvalue weighted by Gasteiger charge is -2.19. The first-order chi connectivity index (χ1) is 8.47. The van der Waals surface area contributed by atoms with Crippen LogP contribution in [0.15, 0.2) is 14.7 Å². The van der Waals surface area contributed by atoms with Gasteiger partial charge in [0.2, 0.25) is 10.0 Å². The minimum atomic E-state index is -3.41. The van der Waals surface area contributed by atoms with E-state index < -0.39 is 10.0 Å². The first-order valence-electron chi connectivity index (χ1n) is 5.81. The van der Waals surface area contributed by atoms with Gasteiger partial charge in [-0.1, -0.05) is 20.3 Å². The lowest BCUT2D eigenvalue weighted by atomic mass is 10.3. The minimum absolute atomic E-state index is 0.333. The third kappa shape index (κ3) is 3.70. The Hall–Kier alpha value is 0.380. The maximum atomic E-state index is 12.5. The van der Waals surface area contributed by atoms with Crippen molar-refractivity contribution in [3.05, 3.63) is 14.7 Å². The Kier molecular flexibility index (Phi) is 6.61. The smallest absolute Gasteiger partial charge is 0.207 e. The second-order valence-corrected chi connectivity index (χ2v) is 8.46. The highest BCUT2D eigenvalue weighted by atomic mass is 79.9. The highest BCUT2D eigenvalue weighted by Gasteiger charge is 2.26. The number of alkyl halides is 1. The predicted molar refractivity (Wildman–Crippen MR) is 80.9 cm³/mol. The maximum Gasteiger partial charge on any atom is 0.245 e. The molecule has 0 amide bonds. The van der Waals surface area contributed by atoms with Gasteiger partial charge >= 0.3 is 0 Å². The van der Waals surface area contributed by atoms with Crippen LogP contribution in [0.2, 0.25) is 0 Å². The summed E-state index contributed by atoms with van der Waals surface area (Å²) < 4.78 is 27.1. The van der Waals surface area contributed by atoms with Crippen LogP contribution in [0.5, 0.6) is 0 Å². The molecule has 0 atom stereocenters. The molecule has 1 aromatic rings. The number of halogens is 2. The molecule has 0 fully saturated rings. The molecule has 0 saturated heterocycles. The average molecular weight is 375 g/mol. The zero-order valence-corrected chi connectivity index (χ0v) is 14.4. The van der Waals surface area contributed by atoms with Crippen LogP contribution >= 0.6 is 38.9 Å². The molecule has 0 spiro atoms. The monoisotopic (exact) mass is 373 g/mol. The molecule has 3 nitrogen and oxygen atoms in total. The molecule has 104 valence electrons. The summed E-state index contributed by atoms with van der Waals surface area (Å²) in [4.78, 5) is 1.19. The molecule has 0 aliphatic carbocycles. The summed E-state index contributed by atoms with van der Waals surface area (Å²) >= 11 is 10.4. The number of nitrogens with zero attached hydrogens (tertiary/aromatic N) is 1. The Morgan fingerprint density at radius 1 is 1.44 bits per heavy atom. The number of sulfonamides is 1. The van der Waals surface area contributed by atoms with E-state index in [1.54, 1.807) is 6.07 Å². The number of hydrogen-bond donors (Lipinski definition) is 0. The van der Waals surface area contributed by atoms with Crippen molar-refractivity contribution in [3.63, 3.8) is 0 Å². The zero-order valence-electron chi connectivity index (χ0n) is 10.4. The Morgan fingerprint density at radius 2 is 2.11 bits per heavy atom. The summed E-state index contributed by atoms with van der Waals surface area (Å²) in [6, 6.07) is 1.66. The van der Waals surface area contributed by atoms with Crippen molar-refractivity contribution in [2.24, 2.45) is 0 Å². The van der Waals surface area contributed by atoms with Crippen LogP contribution in [0.25, 0.3) is 0 Å². The Balaban J connectivity index is 3.06. The van der Waals surface area contributed by atoms with E-state index in [4.69, 9.17) is 11.6 Å². The van der Waals surface area contributed by atoms with Gasteiger partial charge in [-0.05, 0) is 28.4 Å². The second-order valence-electron chi connectivity index (χ2n) is 3.83. The van der Waals surface area contributed by atoms with Crippen LogP contribution < -0.4 is 0 Å². The molecule has 0 aliphatic heterocycles. The fraction of sp³-hybridized carbons (Fsp3) is 0.636. The third-order valence-corrected chi connectivity index (χ3v) is 7.24. The summed E-state index contributed by atoms with van der Waals surface area (Å²) in [5.74, 6) is 0.333. The van der Waals surface area contributed by atoms with Crippen LogP contribution in [0, 0.1) is 0 Å². The van der Waals surface area contributed by atoms with E-state index in [0.29, 0.717) is 27.7 Å². The van der Waals surface area contributed by atoms with Crippen LogP contribution in [0.3, 0.4) is 0 Å². The first kappa shape index (κ1) is 16.4. The van der Waals surface area contributed by atoms with Crippen molar-refractivity contribution in [1.82, 2.24) is 4.31 Å². The molecule has 0 unspecified atom stereocenters. The highest BCUT2D eigenvalue weighted by Crippen LogP contribution is 2.34. The van der Waals surface area contributed by atoms with E-state index >= 15 is 0 Å². The lowest BCUT2D eigenvalue weighted by molar-refractivity contribution is 0.419. The topological polar surface area (TPSA) is 37.4 Å². The van der Waals surface area contributed by atoms with Crippen molar-refractivity contribution < 1.29 is 8.42 Å². The quantitative estimate of drug-likeness (QED) is 0.675. The second kappa shape index (κ2) is 7.24. The number of unbranched alkanes of at least 4 members (excludes halogenated alkanes) is 1. The summed E-state index contributed by atoms with van der Waals surface area (Å²) in [6.45, 7) is 4.96. The molecule has 0 N–H and O–H groups in total. The van der Waals surface area contributed by atoms with Gasteiger partial charge < -0.3 is 0 Å². The zero-order chi connectivity index (χ0) is 13.8. The van der Waals surface area contributed by atoms with Crippen molar-refractivity contribution in [2.45, 2.75) is 37.5 Å². The van der Waals surface area contributed by atoms with Gasteiger partial charge in [-0.25, -0.2) is 8.42 Å². The van der Waals surface area contributed by atoms with E-state index in [9.17, 15) is 8.42 Å². The average Bonchev–Trinajstić information content (AvgIpc) is 2.72. The summed E-state index contributed by atoms with van der Waals surface area (Å²) in [5.41, 5.74) is 0. The van der Waals surface area contributed by atoms with E-state index in [0.717, 1.165) is 17.7 Å². The third-order valence-electron chi connectivity index (χ3n) is 2.57. The van der Waals surface area contributed by atoms with E-state index in [-0.39, 0.29) is 0 Å². The van der Waals surface area contributed by atoms with Crippen LogP contribution in [-0.2, 0) is 15.9 Å². The maximum absolute atomic E-state index is 12.5. The largest absolute Gasteiger partial charge is 0.245 e. The molecule has 0 bridgehead atoms. The van der Waals surface area contributed by atoms with Gasteiger partial charge in [0, 0.05) is 18.0 Å². The Labute approximate surface area is 126 Å². The highest BCUT2D eigenvalue weighted by molar-refractivity contribution is 9.11. The molecule has 0 radical (unpaired) electrons. The van der Waals surface area contributed by atoms with Crippen LogP contribution in [0.1, 0.15) is 31.6 Å². The predicted octanol–water partition coefficient (Wildman–Crippen LogP) is 4.06. The van der Waals surface area contributed by atoms with E-state index in [1.165, 1.54) is 15.6 Å². The van der Waals surface area contributed by atoms with Gasteiger partial charge in [0.1, 0.15) is 4.90 Å². The minimum Gasteiger partial charge on any atom is -0.207 e. The van der Waals surface area contributed by atoms with Gasteiger partial charge in [0.15, 0.2) is 0 Å². The molecule has 18 heavy (non-hydrogen) atoms. The molecule has 1 aromatic heterocycles. The molecule has 7 heteroatoms. The molecule has 1 rings (SSSR count). The van der Waals surface area contributed by atoms with Gasteiger partial charge in [-0.3, -0.25) is 0 Å². The van der Waals surface area contributed by atoms with Crippen molar-refractivity contribution in [1.29, 1.82) is 0 Å². The fourth-order valence-electron chi connectivity index (χ4n) is 1.56. The molecular weight excluding hydrogens is 358 g/mol. The molecular formula is C11H17BrClNO2S2. The van der Waals surface area contributed by atoms with Crippen molar-refractivity contribution in [3.8, 4) is 0 Å². The summed E-state index contributed by atoms with van der Waals surface area (Å²) in [7, 11) is -3.41. The first-order valence-corrected chi connectivity index (χ1v) is 9.40. The Bertz CT molecular complexity index is 487. The fourth-order valence-corrected chi connectivity index (χ4v) is 5.77. The molecule has 0 aliphatic rings. The lowest BCUT2D eigenvalue weighted by Crippen LogP contribution is -2.31. The molecule has 1 heterocycles. The van der Waals surface area contributed by atoms with Crippen LogP contribution in [0.4, 0.5) is 0 Å². The molecule has 0 aromatic carbocycles. The van der Waals surface area contributed by atoms with Gasteiger partial charge in [-0.2, -0.15) is 4.31 Å². The van der Waals surface area contributed by atoms with E-state index in [1.807, 2.05) is 13.8 Å².